The lowest BCUT2D eigenvalue weighted by Crippen LogP contribution is -2.58. The third-order valence-corrected chi connectivity index (χ3v) is 5.65. The van der Waals surface area contributed by atoms with Gasteiger partial charge in [0.1, 0.15) is 0 Å². The predicted molar refractivity (Wildman–Crippen MR) is 101 cm³/mol. The van der Waals surface area contributed by atoms with Crippen LogP contribution >= 0.6 is 0 Å². The number of hydrogen-bond donors (Lipinski definition) is 1. The van der Waals surface area contributed by atoms with Crippen molar-refractivity contribution in [2.24, 2.45) is 17.8 Å². The maximum absolute atomic E-state index is 12.9. The molecule has 2 rings (SSSR count). The van der Waals surface area contributed by atoms with Gasteiger partial charge in [-0.1, -0.05) is 40.5 Å². The van der Waals surface area contributed by atoms with Crippen LogP contribution in [0.5, 0.6) is 0 Å². The van der Waals surface area contributed by atoms with Gasteiger partial charge in [-0.25, -0.2) is 0 Å². The Balaban J connectivity index is 1.94. The van der Waals surface area contributed by atoms with E-state index in [0.29, 0.717) is 11.8 Å². The molecule has 0 aromatic rings. The smallest absolute Gasteiger partial charge is 0.237 e. The van der Waals surface area contributed by atoms with E-state index < -0.39 is 0 Å². The van der Waals surface area contributed by atoms with E-state index in [-0.39, 0.29) is 23.8 Å². The molecule has 1 saturated heterocycles. The van der Waals surface area contributed by atoms with Gasteiger partial charge in [-0.05, 0) is 31.1 Å². The molecule has 2 fully saturated rings. The second-order valence-electron chi connectivity index (χ2n) is 8.48. The molecule has 1 aliphatic carbocycles. The molecule has 5 nitrogen and oxygen atoms in total. The van der Waals surface area contributed by atoms with Crippen molar-refractivity contribution in [3.63, 3.8) is 0 Å². The van der Waals surface area contributed by atoms with Crippen LogP contribution in [0.25, 0.3) is 0 Å². The van der Waals surface area contributed by atoms with Crippen LogP contribution in [-0.4, -0.2) is 60.4 Å². The van der Waals surface area contributed by atoms with Gasteiger partial charge in [-0.15, -0.1) is 0 Å². The van der Waals surface area contributed by atoms with Crippen molar-refractivity contribution in [2.45, 2.75) is 65.8 Å². The van der Waals surface area contributed by atoms with Crippen molar-refractivity contribution < 1.29 is 9.59 Å². The molecule has 0 radical (unpaired) electrons. The van der Waals surface area contributed by atoms with Crippen molar-refractivity contribution in [3.8, 4) is 0 Å². The molecule has 1 N–H and O–H groups in total. The summed E-state index contributed by atoms with van der Waals surface area (Å²) in [7, 11) is 0. The Kier molecular flexibility index (Phi) is 7.73. The molecule has 1 aliphatic heterocycles. The minimum absolute atomic E-state index is 0.00837. The van der Waals surface area contributed by atoms with Gasteiger partial charge in [-0.3, -0.25) is 14.5 Å². The molecule has 0 bridgehead atoms. The number of amides is 2. The summed E-state index contributed by atoms with van der Waals surface area (Å²) in [5, 5.41) is 3.18. The first-order valence-corrected chi connectivity index (χ1v) is 10.2. The van der Waals surface area contributed by atoms with Crippen LogP contribution in [0.4, 0.5) is 0 Å². The van der Waals surface area contributed by atoms with Crippen LogP contribution < -0.4 is 5.32 Å². The normalized spacial score (nSPS) is 21.1. The van der Waals surface area contributed by atoms with Gasteiger partial charge in [0.15, 0.2) is 0 Å². The Hall–Kier alpha value is -1.10. The monoisotopic (exact) mass is 351 g/mol. The molecule has 0 spiro atoms. The highest BCUT2D eigenvalue weighted by Crippen LogP contribution is 2.31. The maximum atomic E-state index is 12.9. The number of nitrogens with zero attached hydrogens (tertiary/aromatic N) is 2. The Morgan fingerprint density at radius 2 is 1.60 bits per heavy atom. The third kappa shape index (κ3) is 5.70. The molecule has 0 aromatic heterocycles. The quantitative estimate of drug-likeness (QED) is 0.767. The molecule has 2 aliphatic rings. The summed E-state index contributed by atoms with van der Waals surface area (Å²) in [6.07, 6.45) is 5.83. The minimum Gasteiger partial charge on any atom is -0.355 e. The Labute approximate surface area is 153 Å². The van der Waals surface area contributed by atoms with Crippen LogP contribution in [-0.2, 0) is 9.59 Å². The van der Waals surface area contributed by atoms with E-state index >= 15 is 0 Å². The van der Waals surface area contributed by atoms with Crippen molar-refractivity contribution >= 4 is 11.8 Å². The fraction of sp³-hybridized carbons (Fsp3) is 0.900. The maximum Gasteiger partial charge on any atom is 0.237 e. The largest absolute Gasteiger partial charge is 0.355 e. The fourth-order valence-corrected chi connectivity index (χ4v) is 4.13. The summed E-state index contributed by atoms with van der Waals surface area (Å²) in [5.41, 5.74) is 0. The highest BCUT2D eigenvalue weighted by molar-refractivity contribution is 5.82. The zero-order chi connectivity index (χ0) is 18.4. The summed E-state index contributed by atoms with van der Waals surface area (Å²) in [6.45, 7) is 12.2. The number of piperazine rings is 1. The number of rotatable bonds is 7. The van der Waals surface area contributed by atoms with Crippen LogP contribution in [0.1, 0.15) is 59.8 Å². The lowest BCUT2D eigenvalue weighted by molar-refractivity contribution is -0.138. The van der Waals surface area contributed by atoms with E-state index in [9.17, 15) is 9.59 Å². The zero-order valence-corrected chi connectivity index (χ0v) is 16.6. The molecule has 25 heavy (non-hydrogen) atoms. The molecular formula is C20H37N3O2. The summed E-state index contributed by atoms with van der Waals surface area (Å²) in [5.74, 6) is 1.58. The van der Waals surface area contributed by atoms with E-state index in [1.54, 1.807) is 0 Å². The van der Waals surface area contributed by atoms with Crippen LogP contribution in [0.2, 0.25) is 0 Å². The molecule has 0 aromatic carbocycles. The Morgan fingerprint density at radius 1 is 1.00 bits per heavy atom. The average molecular weight is 352 g/mol. The van der Waals surface area contributed by atoms with Gasteiger partial charge in [0.2, 0.25) is 11.8 Å². The molecule has 1 atom stereocenters. The van der Waals surface area contributed by atoms with Gasteiger partial charge < -0.3 is 10.2 Å². The second-order valence-corrected chi connectivity index (χ2v) is 8.48. The van der Waals surface area contributed by atoms with Gasteiger partial charge in [-0.2, -0.15) is 0 Å². The first-order chi connectivity index (χ1) is 11.9. The first-order valence-electron chi connectivity index (χ1n) is 10.2. The number of hydrogen-bond acceptors (Lipinski definition) is 3. The second kappa shape index (κ2) is 9.56. The third-order valence-electron chi connectivity index (χ3n) is 5.65. The van der Waals surface area contributed by atoms with Crippen molar-refractivity contribution in [3.05, 3.63) is 0 Å². The zero-order valence-electron chi connectivity index (χ0n) is 16.6. The molecule has 1 unspecified atom stereocenters. The first kappa shape index (κ1) is 20.2. The SMILES string of the molecule is CC(C)CCNC(=O)C(C1CCCC1)N1CCN(C(=O)C(C)C)CC1. The minimum atomic E-state index is -0.00837. The van der Waals surface area contributed by atoms with Crippen LogP contribution in [0.3, 0.4) is 0 Å². The van der Waals surface area contributed by atoms with Crippen LogP contribution in [0.15, 0.2) is 0 Å². The van der Waals surface area contributed by atoms with Crippen molar-refractivity contribution in [1.29, 1.82) is 0 Å². The molecule has 1 saturated carbocycles. The Bertz CT molecular complexity index is 436. The number of carbonyl (C=O) groups excluding carboxylic acids is 2. The molecule has 144 valence electrons. The lowest BCUT2D eigenvalue weighted by Gasteiger charge is -2.41. The van der Waals surface area contributed by atoms with E-state index in [0.717, 1.165) is 52.0 Å². The van der Waals surface area contributed by atoms with E-state index in [1.807, 2.05) is 18.7 Å². The fourth-order valence-electron chi connectivity index (χ4n) is 4.13. The van der Waals surface area contributed by atoms with Gasteiger partial charge in [0.05, 0.1) is 6.04 Å². The topological polar surface area (TPSA) is 52.7 Å². The highest BCUT2D eigenvalue weighted by atomic mass is 16.2. The lowest BCUT2D eigenvalue weighted by atomic mass is 9.94. The standard InChI is InChI=1S/C20H37N3O2/c1-15(2)9-10-21-19(24)18(17-7-5-6-8-17)22-11-13-23(14-12-22)20(25)16(3)4/h15-18H,5-14H2,1-4H3,(H,21,24). The summed E-state index contributed by atoms with van der Waals surface area (Å²) >= 11 is 0. The van der Waals surface area contributed by atoms with E-state index in [1.165, 1.54) is 12.8 Å². The van der Waals surface area contributed by atoms with Crippen LogP contribution in [0, 0.1) is 17.8 Å². The van der Waals surface area contributed by atoms with E-state index in [2.05, 4.69) is 24.1 Å². The molecule has 2 amide bonds. The molecular weight excluding hydrogens is 314 g/mol. The average Bonchev–Trinajstić information content (AvgIpc) is 3.08. The Morgan fingerprint density at radius 3 is 2.12 bits per heavy atom. The van der Waals surface area contributed by atoms with Gasteiger partial charge in [0, 0.05) is 38.6 Å². The summed E-state index contributed by atoms with van der Waals surface area (Å²) in [4.78, 5) is 29.4. The van der Waals surface area contributed by atoms with Gasteiger partial charge >= 0.3 is 0 Å². The number of carbonyl (C=O) groups is 2. The molecule has 5 heteroatoms. The summed E-state index contributed by atoms with van der Waals surface area (Å²) < 4.78 is 0. The molecule has 1 heterocycles. The van der Waals surface area contributed by atoms with Crippen molar-refractivity contribution in [2.75, 3.05) is 32.7 Å². The summed E-state index contributed by atoms with van der Waals surface area (Å²) in [6, 6.07) is -0.00837. The van der Waals surface area contributed by atoms with E-state index in [4.69, 9.17) is 0 Å². The number of nitrogens with one attached hydrogen (secondary N) is 1. The van der Waals surface area contributed by atoms with Gasteiger partial charge in [0.25, 0.3) is 0 Å². The van der Waals surface area contributed by atoms with Crippen molar-refractivity contribution in [1.82, 2.24) is 15.1 Å². The predicted octanol–water partition coefficient (Wildman–Crippen LogP) is 2.51. The highest BCUT2D eigenvalue weighted by Gasteiger charge is 2.37.